The minimum absolute atomic E-state index is 0.230. The fourth-order valence-corrected chi connectivity index (χ4v) is 3.51. The molecule has 0 unspecified atom stereocenters. The van der Waals surface area contributed by atoms with Gasteiger partial charge >= 0.3 is 0 Å². The van der Waals surface area contributed by atoms with E-state index >= 15 is 0 Å². The van der Waals surface area contributed by atoms with Crippen LogP contribution < -0.4 is 5.32 Å². The number of rotatable bonds is 1. The molecule has 23 heavy (non-hydrogen) atoms. The number of benzene rings is 1. The minimum Gasteiger partial charge on any atom is -0.330 e. The van der Waals surface area contributed by atoms with Crippen LogP contribution in [0.3, 0.4) is 0 Å². The van der Waals surface area contributed by atoms with Crippen LogP contribution in [0, 0.1) is 23.2 Å². The number of fused-ring (bicyclic) bond motifs is 1. The zero-order valence-corrected chi connectivity index (χ0v) is 15.7. The van der Waals surface area contributed by atoms with Crippen LogP contribution in [0.2, 0.25) is 0 Å². The maximum absolute atomic E-state index is 4.60. The number of hydrogen-bond acceptors (Lipinski definition) is 2. The molecule has 0 saturated carbocycles. The van der Waals surface area contributed by atoms with E-state index in [9.17, 15) is 0 Å². The predicted molar refractivity (Wildman–Crippen MR) is 99.4 cm³/mol. The van der Waals surface area contributed by atoms with Gasteiger partial charge in [-0.15, -0.1) is 0 Å². The van der Waals surface area contributed by atoms with Crippen LogP contribution in [-0.4, -0.2) is 22.6 Å². The minimum atomic E-state index is 0.230. The zero-order valence-electron chi connectivity index (χ0n) is 14.1. The van der Waals surface area contributed by atoms with Crippen molar-refractivity contribution in [1.82, 2.24) is 14.9 Å². The van der Waals surface area contributed by atoms with E-state index in [4.69, 9.17) is 0 Å². The van der Waals surface area contributed by atoms with Crippen molar-refractivity contribution in [3.63, 3.8) is 0 Å². The lowest BCUT2D eigenvalue weighted by Crippen LogP contribution is -2.26. The summed E-state index contributed by atoms with van der Waals surface area (Å²) < 4.78 is 3.24. The number of hydrogen-bond donors (Lipinski definition) is 1. The molecule has 1 aliphatic rings. The third-order valence-electron chi connectivity index (χ3n) is 4.13. The lowest BCUT2D eigenvalue weighted by Gasteiger charge is -2.19. The average molecular weight is 374 g/mol. The quantitative estimate of drug-likeness (QED) is 0.759. The molecule has 1 fully saturated rings. The van der Waals surface area contributed by atoms with E-state index in [1.54, 1.807) is 0 Å². The van der Waals surface area contributed by atoms with Gasteiger partial charge in [-0.2, -0.15) is 0 Å². The van der Waals surface area contributed by atoms with E-state index in [0.29, 0.717) is 5.92 Å². The number of nitrogens with one attached hydrogen (secondary N) is 1. The van der Waals surface area contributed by atoms with Crippen molar-refractivity contribution in [2.45, 2.75) is 40.2 Å². The summed E-state index contributed by atoms with van der Waals surface area (Å²) in [6.07, 6.45) is 4.23. The number of piperidine rings is 1. The molecule has 4 heteroatoms. The first kappa shape index (κ1) is 16.5. The average Bonchev–Trinajstić information content (AvgIpc) is 2.89. The zero-order chi connectivity index (χ0) is 16.4. The fraction of sp³-hybridized carbons (Fsp3) is 0.526. The van der Waals surface area contributed by atoms with Crippen molar-refractivity contribution in [3.8, 4) is 11.8 Å². The van der Waals surface area contributed by atoms with Crippen molar-refractivity contribution >= 4 is 27.0 Å². The summed E-state index contributed by atoms with van der Waals surface area (Å²) in [5, 5.41) is 3.38. The third-order valence-corrected chi connectivity index (χ3v) is 4.93. The molecule has 122 valence electrons. The summed E-state index contributed by atoms with van der Waals surface area (Å²) in [5.41, 5.74) is 3.44. The van der Waals surface area contributed by atoms with Crippen LogP contribution in [-0.2, 0) is 6.54 Å². The van der Waals surface area contributed by atoms with Crippen molar-refractivity contribution in [3.05, 3.63) is 28.5 Å². The molecule has 0 atom stereocenters. The van der Waals surface area contributed by atoms with Gasteiger partial charge in [0.2, 0.25) is 0 Å². The first-order valence-corrected chi connectivity index (χ1v) is 9.09. The van der Waals surface area contributed by atoms with Crippen molar-refractivity contribution in [2.75, 3.05) is 13.1 Å². The Hall–Kier alpha value is -1.31. The highest BCUT2D eigenvalue weighted by Crippen LogP contribution is 2.28. The van der Waals surface area contributed by atoms with E-state index < -0.39 is 0 Å². The largest absolute Gasteiger partial charge is 0.330 e. The SMILES string of the molecule is CC(C)(C)Cn1cnc2c(Br)c(C#CC3CCNCC3)ccc21. The fourth-order valence-electron chi connectivity index (χ4n) is 2.98. The van der Waals surface area contributed by atoms with Crippen LogP contribution in [0.5, 0.6) is 0 Å². The lowest BCUT2D eigenvalue weighted by atomic mass is 9.97. The second-order valence-corrected chi connectivity index (χ2v) is 8.31. The Bertz CT molecular complexity index is 752. The molecule has 0 radical (unpaired) electrons. The van der Waals surface area contributed by atoms with Crippen molar-refractivity contribution in [1.29, 1.82) is 0 Å². The van der Waals surface area contributed by atoms with Gasteiger partial charge in [-0.05, 0) is 59.4 Å². The lowest BCUT2D eigenvalue weighted by molar-refractivity contribution is 0.348. The Morgan fingerprint density at radius 3 is 2.74 bits per heavy atom. The normalized spacial score (nSPS) is 16.3. The summed E-state index contributed by atoms with van der Waals surface area (Å²) in [6, 6.07) is 4.26. The molecule has 3 rings (SSSR count). The van der Waals surface area contributed by atoms with Gasteiger partial charge in [-0.1, -0.05) is 32.6 Å². The second-order valence-electron chi connectivity index (χ2n) is 7.52. The number of imidazole rings is 1. The predicted octanol–water partition coefficient (Wildman–Crippen LogP) is 4.20. The van der Waals surface area contributed by atoms with Crippen LogP contribution in [0.15, 0.2) is 22.9 Å². The molecule has 0 spiro atoms. The molecule has 2 aromatic rings. The van der Waals surface area contributed by atoms with Gasteiger partial charge in [-0.25, -0.2) is 4.98 Å². The molecule has 0 amide bonds. The molecule has 1 aliphatic heterocycles. The Morgan fingerprint density at radius 1 is 1.30 bits per heavy atom. The summed E-state index contributed by atoms with van der Waals surface area (Å²) in [7, 11) is 0. The highest BCUT2D eigenvalue weighted by molar-refractivity contribution is 9.10. The Balaban J connectivity index is 1.89. The summed E-state index contributed by atoms with van der Waals surface area (Å²) >= 11 is 3.71. The maximum Gasteiger partial charge on any atom is 0.104 e. The topological polar surface area (TPSA) is 29.9 Å². The first-order valence-electron chi connectivity index (χ1n) is 8.30. The van der Waals surface area contributed by atoms with Gasteiger partial charge in [0.05, 0.1) is 16.3 Å². The van der Waals surface area contributed by atoms with Gasteiger partial charge < -0.3 is 9.88 Å². The van der Waals surface area contributed by atoms with Gasteiger partial charge in [0.25, 0.3) is 0 Å². The molecule has 1 N–H and O–H groups in total. The Morgan fingerprint density at radius 2 is 2.04 bits per heavy atom. The molecule has 0 aliphatic carbocycles. The number of aromatic nitrogens is 2. The smallest absolute Gasteiger partial charge is 0.104 e. The van der Waals surface area contributed by atoms with Gasteiger partial charge in [0.1, 0.15) is 5.52 Å². The molecule has 1 aromatic heterocycles. The Labute approximate surface area is 147 Å². The highest BCUT2D eigenvalue weighted by Gasteiger charge is 2.15. The van der Waals surface area contributed by atoms with Gasteiger partial charge in [0.15, 0.2) is 0 Å². The van der Waals surface area contributed by atoms with Gasteiger partial charge in [0, 0.05) is 18.0 Å². The van der Waals surface area contributed by atoms with E-state index in [2.05, 4.69) is 75.5 Å². The van der Waals surface area contributed by atoms with E-state index in [1.807, 2.05) is 6.33 Å². The molecule has 1 saturated heterocycles. The summed E-state index contributed by atoms with van der Waals surface area (Å²) in [5.74, 6) is 7.30. The van der Waals surface area contributed by atoms with E-state index in [-0.39, 0.29) is 5.41 Å². The van der Waals surface area contributed by atoms with Crippen molar-refractivity contribution in [2.24, 2.45) is 11.3 Å². The van der Waals surface area contributed by atoms with Crippen LogP contribution in [0.25, 0.3) is 11.0 Å². The molecule has 1 aromatic carbocycles. The third kappa shape index (κ3) is 3.97. The number of halogens is 1. The van der Waals surface area contributed by atoms with Crippen LogP contribution in [0.1, 0.15) is 39.2 Å². The first-order chi connectivity index (χ1) is 10.9. The molecule has 3 nitrogen and oxygen atoms in total. The van der Waals surface area contributed by atoms with Gasteiger partial charge in [-0.3, -0.25) is 0 Å². The highest BCUT2D eigenvalue weighted by atomic mass is 79.9. The van der Waals surface area contributed by atoms with Crippen LogP contribution >= 0.6 is 15.9 Å². The molecular formula is C19H24BrN3. The standard InChI is InChI=1S/C19H24BrN3/c1-19(2,3)12-23-13-22-18-16(23)7-6-15(17(18)20)5-4-14-8-10-21-11-9-14/h6-7,13-14,21H,8-12H2,1-3H3. The Kier molecular flexibility index (Phi) is 4.79. The van der Waals surface area contributed by atoms with Crippen molar-refractivity contribution < 1.29 is 0 Å². The maximum atomic E-state index is 4.60. The van der Waals surface area contributed by atoms with Crippen LogP contribution in [0.4, 0.5) is 0 Å². The molecule has 0 bridgehead atoms. The monoisotopic (exact) mass is 373 g/mol. The number of nitrogens with zero attached hydrogens (tertiary/aromatic N) is 2. The summed E-state index contributed by atoms with van der Waals surface area (Å²) in [6.45, 7) is 9.84. The molecular weight excluding hydrogens is 350 g/mol. The van der Waals surface area contributed by atoms with E-state index in [0.717, 1.165) is 48.0 Å². The molecule has 2 heterocycles. The van der Waals surface area contributed by atoms with E-state index in [1.165, 1.54) is 5.52 Å². The summed E-state index contributed by atoms with van der Waals surface area (Å²) in [4.78, 5) is 4.60. The second kappa shape index (κ2) is 6.67.